The maximum absolute atomic E-state index is 11.7. The van der Waals surface area contributed by atoms with Gasteiger partial charge in [0.05, 0.1) is 27.6 Å². The number of carboxylic acid groups (broad SMARTS) is 1. The lowest BCUT2D eigenvalue weighted by molar-refractivity contribution is -0.873. The topological polar surface area (TPSA) is 63.6 Å². The van der Waals surface area contributed by atoms with Gasteiger partial charge in [-0.25, -0.2) is 4.79 Å². The molecule has 0 spiro atoms. The minimum atomic E-state index is -0.953. The number of hydrogen-bond donors (Lipinski definition) is 1. The lowest BCUT2D eigenvalue weighted by Crippen LogP contribution is -2.43. The van der Waals surface area contributed by atoms with Crippen molar-refractivity contribution in [1.82, 2.24) is 0 Å². The number of carboxylic acids is 1. The number of quaternary nitrogens is 1. The number of likely N-dealkylation sites (N-methyl/N-ethyl adjacent to an activating group) is 1. The molecule has 0 unspecified atom stereocenters. The highest BCUT2D eigenvalue weighted by Gasteiger charge is 2.23. The number of rotatable bonds is 12. The van der Waals surface area contributed by atoms with E-state index in [1.165, 1.54) is 31.8 Å². The van der Waals surface area contributed by atoms with E-state index >= 15 is 0 Å². The van der Waals surface area contributed by atoms with Gasteiger partial charge < -0.3 is 14.3 Å². The first kappa shape index (κ1) is 20.6. The molecule has 0 aromatic rings. The molecule has 128 valence electrons. The quantitative estimate of drug-likeness (QED) is 0.260. The summed E-state index contributed by atoms with van der Waals surface area (Å²) in [4.78, 5) is 22.6. The van der Waals surface area contributed by atoms with Gasteiger partial charge in [0.15, 0.2) is 6.10 Å². The summed E-state index contributed by atoms with van der Waals surface area (Å²) < 4.78 is 5.81. The second kappa shape index (κ2) is 11.2. The van der Waals surface area contributed by atoms with Crippen LogP contribution in [0.3, 0.4) is 0 Å². The molecule has 0 rings (SSSR count). The molecular weight excluding hydrogens is 282 g/mol. The van der Waals surface area contributed by atoms with Gasteiger partial charge in [0.2, 0.25) is 0 Å². The van der Waals surface area contributed by atoms with Crippen molar-refractivity contribution in [3.8, 4) is 0 Å². The van der Waals surface area contributed by atoms with Crippen molar-refractivity contribution >= 4 is 11.9 Å². The Morgan fingerprint density at radius 1 is 1.14 bits per heavy atom. The summed E-state index contributed by atoms with van der Waals surface area (Å²) in [5.41, 5.74) is 0. The second-order valence-corrected chi connectivity index (χ2v) is 6.73. The lowest BCUT2D eigenvalue weighted by atomic mass is 10.1. The molecule has 0 saturated carbocycles. The van der Waals surface area contributed by atoms with E-state index in [9.17, 15) is 9.59 Å². The first-order valence-corrected chi connectivity index (χ1v) is 8.14. The number of esters is 1. The Hall–Kier alpha value is -1.36. The fraction of sp³-hybridized carbons (Fsp3) is 0.765. The molecule has 0 fully saturated rings. The Morgan fingerprint density at radius 2 is 1.77 bits per heavy atom. The molecule has 0 aliphatic heterocycles. The first-order valence-electron chi connectivity index (χ1n) is 8.14. The smallest absolute Gasteiger partial charge is 0.330 e. The van der Waals surface area contributed by atoms with E-state index in [1.54, 1.807) is 0 Å². The molecule has 0 saturated heterocycles. The van der Waals surface area contributed by atoms with Crippen LogP contribution in [0.25, 0.3) is 0 Å². The molecule has 0 bridgehead atoms. The Bertz CT molecular complexity index is 358. The molecule has 0 aliphatic rings. The van der Waals surface area contributed by atoms with Crippen LogP contribution in [-0.2, 0) is 14.3 Å². The first-order chi connectivity index (χ1) is 10.2. The molecule has 22 heavy (non-hydrogen) atoms. The van der Waals surface area contributed by atoms with Gasteiger partial charge in [-0.05, 0) is 12.8 Å². The van der Waals surface area contributed by atoms with Crippen molar-refractivity contribution in [1.29, 1.82) is 0 Å². The van der Waals surface area contributed by atoms with Crippen LogP contribution in [0.1, 0.15) is 51.9 Å². The molecule has 0 aromatic heterocycles. The highest BCUT2D eigenvalue weighted by Crippen LogP contribution is 2.07. The summed E-state index contributed by atoms with van der Waals surface area (Å²) >= 11 is 0. The minimum absolute atomic E-state index is 0.161. The van der Waals surface area contributed by atoms with Crippen LogP contribution >= 0.6 is 0 Å². The van der Waals surface area contributed by atoms with Crippen LogP contribution in [0.15, 0.2) is 12.2 Å². The average molecular weight is 314 g/mol. The molecule has 5 heteroatoms. The number of nitrogens with zero attached hydrogens (tertiary/aromatic N) is 1. The van der Waals surface area contributed by atoms with Crippen LogP contribution in [0.2, 0.25) is 0 Å². The van der Waals surface area contributed by atoms with Crippen molar-refractivity contribution in [3.05, 3.63) is 12.2 Å². The average Bonchev–Trinajstić information content (AvgIpc) is 2.34. The van der Waals surface area contributed by atoms with Gasteiger partial charge >= 0.3 is 11.9 Å². The third-order valence-corrected chi connectivity index (χ3v) is 3.16. The monoisotopic (exact) mass is 314 g/mol. The van der Waals surface area contributed by atoms with E-state index in [0.29, 0.717) is 11.0 Å². The third-order valence-electron chi connectivity index (χ3n) is 3.16. The largest absolute Gasteiger partial charge is 0.481 e. The standard InChI is InChI=1S/C17H31NO4/c1-5-6-7-8-9-10-11-12-17(21)22-15(13-16(19)20)14-18(2,3)4/h11-12,15H,5-10,13-14H2,1-4H3/p+1/t15-/m1/s1. The van der Waals surface area contributed by atoms with Gasteiger partial charge in [0, 0.05) is 6.08 Å². The van der Waals surface area contributed by atoms with E-state index in [4.69, 9.17) is 9.84 Å². The number of ether oxygens (including phenoxy) is 1. The Labute approximate surface area is 134 Å². The number of unbranched alkanes of at least 4 members (excludes halogenated alkanes) is 5. The second-order valence-electron chi connectivity index (χ2n) is 6.73. The minimum Gasteiger partial charge on any atom is -0.481 e. The zero-order valence-electron chi connectivity index (χ0n) is 14.5. The molecule has 1 N–H and O–H groups in total. The van der Waals surface area contributed by atoms with Gasteiger partial charge in [-0.3, -0.25) is 4.79 Å². The number of carbonyl (C=O) groups excluding carboxylic acids is 1. The fourth-order valence-corrected chi connectivity index (χ4v) is 2.20. The van der Waals surface area contributed by atoms with Crippen LogP contribution < -0.4 is 0 Å². The summed E-state index contributed by atoms with van der Waals surface area (Å²) in [6, 6.07) is 0. The molecule has 0 aromatic carbocycles. The van der Waals surface area contributed by atoms with E-state index in [1.807, 2.05) is 27.2 Å². The number of carbonyl (C=O) groups is 2. The van der Waals surface area contributed by atoms with E-state index in [2.05, 4.69) is 6.92 Å². The molecule has 0 heterocycles. The molecule has 0 aliphatic carbocycles. The summed E-state index contributed by atoms with van der Waals surface area (Å²) in [7, 11) is 5.82. The van der Waals surface area contributed by atoms with Crippen LogP contribution in [-0.4, -0.2) is 55.3 Å². The fourth-order valence-electron chi connectivity index (χ4n) is 2.20. The van der Waals surface area contributed by atoms with Gasteiger partial charge in [0.25, 0.3) is 0 Å². The predicted octanol–water partition coefficient (Wildman–Crippen LogP) is 3.00. The van der Waals surface area contributed by atoms with Gasteiger partial charge in [-0.2, -0.15) is 0 Å². The van der Waals surface area contributed by atoms with E-state index in [0.717, 1.165) is 12.8 Å². The maximum Gasteiger partial charge on any atom is 0.330 e. The van der Waals surface area contributed by atoms with Gasteiger partial charge in [-0.15, -0.1) is 0 Å². The van der Waals surface area contributed by atoms with Crippen molar-refractivity contribution in [3.63, 3.8) is 0 Å². The zero-order valence-corrected chi connectivity index (χ0v) is 14.5. The number of aliphatic carboxylic acids is 1. The molecule has 1 atom stereocenters. The highest BCUT2D eigenvalue weighted by molar-refractivity contribution is 5.82. The highest BCUT2D eigenvalue weighted by atomic mass is 16.5. The summed E-state index contributed by atoms with van der Waals surface area (Å²) in [6.07, 6.45) is 9.30. The molecule has 5 nitrogen and oxygen atoms in total. The Kier molecular flexibility index (Phi) is 10.5. The van der Waals surface area contributed by atoms with Crippen LogP contribution in [0, 0.1) is 0 Å². The predicted molar refractivity (Wildman–Crippen MR) is 87.5 cm³/mol. The van der Waals surface area contributed by atoms with Crippen molar-refractivity contribution in [2.45, 2.75) is 58.0 Å². The van der Waals surface area contributed by atoms with Crippen LogP contribution in [0.4, 0.5) is 0 Å². The zero-order chi connectivity index (χ0) is 17.0. The normalized spacial score (nSPS) is 13.3. The van der Waals surface area contributed by atoms with Gasteiger partial charge in [0.1, 0.15) is 6.54 Å². The summed E-state index contributed by atoms with van der Waals surface area (Å²) in [5.74, 6) is -1.40. The van der Waals surface area contributed by atoms with Crippen LogP contribution in [0.5, 0.6) is 0 Å². The van der Waals surface area contributed by atoms with Gasteiger partial charge in [-0.1, -0.05) is 38.7 Å². The maximum atomic E-state index is 11.7. The number of allylic oxidation sites excluding steroid dienone is 1. The van der Waals surface area contributed by atoms with Crippen molar-refractivity contribution in [2.75, 3.05) is 27.7 Å². The molecular formula is C17H32NO4+. The van der Waals surface area contributed by atoms with E-state index in [-0.39, 0.29) is 6.42 Å². The van der Waals surface area contributed by atoms with Crippen molar-refractivity contribution in [2.24, 2.45) is 0 Å². The molecule has 0 amide bonds. The molecule has 0 radical (unpaired) electrons. The number of hydrogen-bond acceptors (Lipinski definition) is 3. The Morgan fingerprint density at radius 3 is 2.32 bits per heavy atom. The lowest BCUT2D eigenvalue weighted by Gasteiger charge is -2.28. The summed E-state index contributed by atoms with van der Waals surface area (Å²) in [6.45, 7) is 2.66. The summed E-state index contributed by atoms with van der Waals surface area (Å²) in [5, 5.41) is 8.89. The third kappa shape index (κ3) is 13.6. The Balaban J connectivity index is 4.13. The SMILES string of the molecule is CCCCCCCC=CC(=O)O[C@H](CC(=O)O)C[N+](C)(C)C. The van der Waals surface area contributed by atoms with Crippen molar-refractivity contribution < 1.29 is 23.9 Å². The van der Waals surface area contributed by atoms with E-state index < -0.39 is 18.0 Å².